The second-order valence-corrected chi connectivity index (χ2v) is 5.50. The van der Waals surface area contributed by atoms with Gasteiger partial charge in [-0.15, -0.1) is 0 Å². The van der Waals surface area contributed by atoms with Gasteiger partial charge in [0.25, 0.3) is 0 Å². The lowest BCUT2D eigenvalue weighted by Gasteiger charge is -2.28. The second-order valence-electron chi connectivity index (χ2n) is 5.50. The maximum Gasteiger partial charge on any atom is 0.239 e. The van der Waals surface area contributed by atoms with Crippen molar-refractivity contribution in [2.45, 2.75) is 51.6 Å². The fourth-order valence-corrected chi connectivity index (χ4v) is 1.57. The Morgan fingerprint density at radius 3 is 2.41 bits per heavy atom. The van der Waals surface area contributed by atoms with Gasteiger partial charge in [-0.2, -0.15) is 0 Å². The fraction of sp³-hybridized carbons (Fsp3) is 0.833. The van der Waals surface area contributed by atoms with E-state index in [1.165, 1.54) is 19.3 Å². The van der Waals surface area contributed by atoms with Crippen LogP contribution in [0, 0.1) is 0 Å². The highest BCUT2D eigenvalue weighted by Crippen LogP contribution is 2.17. The van der Waals surface area contributed by atoms with Gasteiger partial charge in [-0.05, 0) is 40.0 Å². The molecule has 0 aliphatic heterocycles. The average Bonchev–Trinajstić information content (AvgIpc) is 2.12. The monoisotopic (exact) mass is 240 g/mol. The Labute approximate surface area is 103 Å². The minimum atomic E-state index is -0.191. The van der Waals surface area contributed by atoms with Gasteiger partial charge in [0.1, 0.15) is 0 Å². The third kappa shape index (κ3) is 5.56. The molecule has 0 radical (unpaired) electrons. The lowest BCUT2D eigenvalue weighted by atomic mass is 9.93. The van der Waals surface area contributed by atoms with Crippen molar-refractivity contribution in [2.75, 3.05) is 13.6 Å². The Balaban J connectivity index is 2.25. The molecule has 17 heavy (non-hydrogen) atoms. The van der Waals surface area contributed by atoms with Crippen LogP contribution in [0.4, 0.5) is 0 Å². The van der Waals surface area contributed by atoms with Gasteiger partial charge in [0.05, 0.1) is 6.54 Å². The summed E-state index contributed by atoms with van der Waals surface area (Å²) in [7, 11) is 1.72. The van der Waals surface area contributed by atoms with Crippen LogP contribution < -0.4 is 16.0 Å². The molecule has 1 saturated carbocycles. The number of aliphatic imine (C=N–C) groups is 1. The zero-order chi connectivity index (χ0) is 12.9. The molecular weight excluding hydrogens is 216 g/mol. The first-order valence-corrected chi connectivity index (χ1v) is 6.19. The first-order chi connectivity index (χ1) is 7.90. The Kier molecular flexibility index (Phi) is 4.78. The first-order valence-electron chi connectivity index (χ1n) is 6.19. The summed E-state index contributed by atoms with van der Waals surface area (Å²) < 4.78 is 0. The van der Waals surface area contributed by atoms with Crippen molar-refractivity contribution < 1.29 is 4.79 Å². The van der Waals surface area contributed by atoms with Gasteiger partial charge in [-0.3, -0.25) is 9.79 Å². The van der Waals surface area contributed by atoms with Gasteiger partial charge in [-0.1, -0.05) is 0 Å². The van der Waals surface area contributed by atoms with Crippen LogP contribution >= 0.6 is 0 Å². The van der Waals surface area contributed by atoms with Crippen molar-refractivity contribution in [2.24, 2.45) is 4.99 Å². The van der Waals surface area contributed by atoms with Crippen LogP contribution in [0.15, 0.2) is 4.99 Å². The number of carbonyl (C=O) groups is 1. The molecule has 98 valence electrons. The maximum absolute atomic E-state index is 11.6. The summed E-state index contributed by atoms with van der Waals surface area (Å²) >= 11 is 0. The highest BCUT2D eigenvalue weighted by molar-refractivity contribution is 5.86. The molecule has 0 aromatic rings. The van der Waals surface area contributed by atoms with Crippen LogP contribution in [0.1, 0.15) is 40.0 Å². The van der Waals surface area contributed by atoms with E-state index in [1.54, 1.807) is 7.05 Å². The maximum atomic E-state index is 11.6. The number of hydrogen-bond acceptors (Lipinski definition) is 2. The number of rotatable bonds is 3. The summed E-state index contributed by atoms with van der Waals surface area (Å²) in [5.41, 5.74) is -0.191. The van der Waals surface area contributed by atoms with Crippen LogP contribution in [-0.2, 0) is 4.79 Å². The fourth-order valence-electron chi connectivity index (χ4n) is 1.57. The summed E-state index contributed by atoms with van der Waals surface area (Å²) in [5, 5.41) is 9.19. The molecule has 5 nitrogen and oxygen atoms in total. The van der Waals surface area contributed by atoms with Gasteiger partial charge in [0.2, 0.25) is 5.91 Å². The summed E-state index contributed by atoms with van der Waals surface area (Å²) in [6.07, 6.45) is 3.66. The van der Waals surface area contributed by atoms with Crippen molar-refractivity contribution in [1.29, 1.82) is 0 Å². The number of nitrogens with zero attached hydrogens (tertiary/aromatic N) is 1. The van der Waals surface area contributed by atoms with E-state index in [4.69, 9.17) is 0 Å². The molecule has 0 aromatic heterocycles. The number of guanidine groups is 1. The molecule has 1 aliphatic carbocycles. The summed E-state index contributed by atoms with van der Waals surface area (Å²) in [6, 6.07) is 0.520. The second kappa shape index (κ2) is 5.89. The highest BCUT2D eigenvalue weighted by Gasteiger charge is 2.19. The van der Waals surface area contributed by atoms with Crippen molar-refractivity contribution in [3.63, 3.8) is 0 Å². The molecule has 0 unspecified atom stereocenters. The molecule has 0 aromatic carbocycles. The molecule has 0 atom stereocenters. The minimum absolute atomic E-state index is 0.0194. The Hall–Kier alpha value is -1.26. The predicted octanol–water partition coefficient (Wildman–Crippen LogP) is 0.619. The van der Waals surface area contributed by atoms with E-state index in [2.05, 4.69) is 20.9 Å². The predicted molar refractivity (Wildman–Crippen MR) is 70.0 cm³/mol. The van der Waals surface area contributed by atoms with Crippen LogP contribution in [0.3, 0.4) is 0 Å². The Morgan fingerprint density at radius 2 is 2.00 bits per heavy atom. The van der Waals surface area contributed by atoms with E-state index in [0.717, 1.165) is 0 Å². The lowest BCUT2D eigenvalue weighted by Crippen LogP contribution is -2.51. The molecule has 1 amide bonds. The van der Waals surface area contributed by atoms with Crippen molar-refractivity contribution in [3.8, 4) is 0 Å². The van der Waals surface area contributed by atoms with E-state index < -0.39 is 0 Å². The standard InChI is InChI=1S/C12H24N4O/c1-12(2,3)16-10(17)8-14-11(13-4)15-9-6-5-7-9/h9H,5-8H2,1-4H3,(H,16,17)(H2,13,14,15). The summed E-state index contributed by atoms with van der Waals surface area (Å²) in [4.78, 5) is 15.7. The third-order valence-corrected chi connectivity index (χ3v) is 2.60. The molecule has 0 saturated heterocycles. The van der Waals surface area contributed by atoms with E-state index >= 15 is 0 Å². The van der Waals surface area contributed by atoms with Crippen LogP contribution in [-0.4, -0.2) is 37.0 Å². The van der Waals surface area contributed by atoms with E-state index in [-0.39, 0.29) is 18.0 Å². The molecule has 0 bridgehead atoms. The molecule has 0 heterocycles. The minimum Gasteiger partial charge on any atom is -0.354 e. The van der Waals surface area contributed by atoms with Crippen molar-refractivity contribution in [1.82, 2.24) is 16.0 Å². The topological polar surface area (TPSA) is 65.5 Å². The summed E-state index contributed by atoms with van der Waals surface area (Å²) in [6.45, 7) is 6.15. The highest BCUT2D eigenvalue weighted by atomic mass is 16.2. The third-order valence-electron chi connectivity index (χ3n) is 2.60. The van der Waals surface area contributed by atoms with Gasteiger partial charge in [0.15, 0.2) is 5.96 Å². The quantitative estimate of drug-likeness (QED) is 0.500. The van der Waals surface area contributed by atoms with E-state index in [9.17, 15) is 4.79 Å². The number of amides is 1. The SMILES string of the molecule is CN=C(NCC(=O)NC(C)(C)C)NC1CCC1. The van der Waals surface area contributed by atoms with Crippen LogP contribution in [0.5, 0.6) is 0 Å². The Bertz CT molecular complexity index is 289. The largest absolute Gasteiger partial charge is 0.354 e. The van der Waals surface area contributed by atoms with Crippen molar-refractivity contribution in [3.05, 3.63) is 0 Å². The van der Waals surface area contributed by atoms with Gasteiger partial charge in [0, 0.05) is 18.6 Å². The lowest BCUT2D eigenvalue weighted by molar-refractivity contribution is -0.121. The average molecular weight is 240 g/mol. The molecule has 3 N–H and O–H groups in total. The molecule has 1 fully saturated rings. The number of carbonyl (C=O) groups excluding carboxylic acids is 1. The molecule has 5 heteroatoms. The van der Waals surface area contributed by atoms with Crippen LogP contribution in [0.2, 0.25) is 0 Å². The molecule has 1 aliphatic rings. The van der Waals surface area contributed by atoms with Gasteiger partial charge in [-0.25, -0.2) is 0 Å². The normalized spacial score (nSPS) is 17.3. The molecule has 0 spiro atoms. The molecule has 1 rings (SSSR count). The number of nitrogens with one attached hydrogen (secondary N) is 3. The van der Waals surface area contributed by atoms with Crippen LogP contribution in [0.25, 0.3) is 0 Å². The van der Waals surface area contributed by atoms with Crippen molar-refractivity contribution >= 4 is 11.9 Å². The smallest absolute Gasteiger partial charge is 0.239 e. The Morgan fingerprint density at radius 1 is 1.35 bits per heavy atom. The van der Waals surface area contributed by atoms with Gasteiger partial charge >= 0.3 is 0 Å². The summed E-state index contributed by atoms with van der Waals surface area (Å²) in [5.74, 6) is 0.688. The molecular formula is C12H24N4O. The van der Waals surface area contributed by atoms with E-state index in [0.29, 0.717) is 12.0 Å². The van der Waals surface area contributed by atoms with Gasteiger partial charge < -0.3 is 16.0 Å². The number of hydrogen-bond donors (Lipinski definition) is 3. The zero-order valence-corrected chi connectivity index (χ0v) is 11.3. The first kappa shape index (κ1) is 13.8. The van der Waals surface area contributed by atoms with E-state index in [1.807, 2.05) is 20.8 Å². The zero-order valence-electron chi connectivity index (χ0n) is 11.3.